The summed E-state index contributed by atoms with van der Waals surface area (Å²) in [6, 6.07) is 12.8. The van der Waals surface area contributed by atoms with Gasteiger partial charge in [-0.05, 0) is 73.7 Å². The Kier molecular flexibility index (Phi) is 5.73. The van der Waals surface area contributed by atoms with Crippen molar-refractivity contribution in [2.75, 3.05) is 24.6 Å². The average Bonchev–Trinajstić information content (AvgIpc) is 3.25. The molecule has 1 fully saturated rings. The second-order valence-electron chi connectivity index (χ2n) is 10.1. The number of hydrazone groups is 1. The number of anilines is 1. The van der Waals surface area contributed by atoms with Crippen molar-refractivity contribution in [1.29, 1.82) is 5.26 Å². The van der Waals surface area contributed by atoms with Gasteiger partial charge < -0.3 is 4.90 Å². The number of rotatable bonds is 4. The van der Waals surface area contributed by atoms with Gasteiger partial charge in [-0.2, -0.15) is 15.4 Å². The number of benzene rings is 1. The van der Waals surface area contributed by atoms with Gasteiger partial charge in [-0.1, -0.05) is 18.2 Å². The fourth-order valence-electron chi connectivity index (χ4n) is 5.68. The lowest BCUT2D eigenvalue weighted by Crippen LogP contribution is -2.45. The molecule has 186 valence electrons. The Bertz CT molecular complexity index is 1430. The Labute approximate surface area is 215 Å². The van der Waals surface area contributed by atoms with Gasteiger partial charge in [-0.15, -0.1) is 0 Å². The van der Waals surface area contributed by atoms with Crippen LogP contribution >= 0.6 is 0 Å². The maximum absolute atomic E-state index is 14.5. The monoisotopic (exact) mass is 494 g/mol. The van der Waals surface area contributed by atoms with Crippen LogP contribution in [0, 0.1) is 30.0 Å². The number of carbonyl (C=O) groups excluding carboxylic acids is 1. The zero-order valence-electron chi connectivity index (χ0n) is 20.6. The van der Waals surface area contributed by atoms with Crippen LogP contribution in [0.2, 0.25) is 0 Å². The molecule has 0 bridgehead atoms. The molecule has 1 unspecified atom stereocenters. The topological polar surface area (TPSA) is 75.8 Å². The zero-order valence-corrected chi connectivity index (χ0v) is 20.6. The number of allylic oxidation sites excluding steroid dienone is 3. The van der Waals surface area contributed by atoms with Crippen molar-refractivity contribution in [1.82, 2.24) is 14.8 Å². The maximum Gasteiger partial charge on any atom is 0.258 e. The number of aromatic nitrogens is 1. The minimum absolute atomic E-state index is 0.169. The first-order valence-electron chi connectivity index (χ1n) is 12.6. The molecular weight excluding hydrogens is 467 g/mol. The minimum Gasteiger partial charge on any atom is -0.303 e. The third-order valence-corrected chi connectivity index (χ3v) is 7.76. The number of nitriles is 1. The molecule has 5 heterocycles. The van der Waals surface area contributed by atoms with Crippen LogP contribution in [0.4, 0.5) is 10.1 Å². The SMILES string of the molecule is Cc1ccnc(C2(C#N)CCN(CC3=C4C=CC=CN4C4=NN(c5ccccc5F)C(=O)C4C3)CC2)c1. The van der Waals surface area contributed by atoms with E-state index < -0.39 is 17.2 Å². The average molecular weight is 495 g/mol. The van der Waals surface area contributed by atoms with Crippen LogP contribution in [0.3, 0.4) is 0 Å². The number of piperidine rings is 1. The standard InChI is InChI=1S/C29H27FN6O/c1-20-9-12-32-26(16-20)29(19-31)10-14-34(15-11-29)18-21-17-22-27(35-13-5-4-7-24(21)35)33-36(28(22)37)25-8-3-2-6-23(25)30/h2-9,12-13,16,22H,10-11,14-15,17-18H2,1H3. The second kappa shape index (κ2) is 9.09. The predicted octanol–water partition coefficient (Wildman–Crippen LogP) is 4.41. The molecule has 37 heavy (non-hydrogen) atoms. The van der Waals surface area contributed by atoms with Crippen molar-refractivity contribution in [3.05, 3.63) is 95.4 Å². The number of hydrogen-bond donors (Lipinski definition) is 0. The summed E-state index contributed by atoms with van der Waals surface area (Å²) < 4.78 is 14.5. The second-order valence-corrected chi connectivity index (χ2v) is 10.1. The van der Waals surface area contributed by atoms with Crippen molar-refractivity contribution in [2.45, 2.75) is 31.6 Å². The van der Waals surface area contributed by atoms with Crippen molar-refractivity contribution < 1.29 is 9.18 Å². The largest absolute Gasteiger partial charge is 0.303 e. The molecule has 0 radical (unpaired) electrons. The van der Waals surface area contributed by atoms with Crippen molar-refractivity contribution in [2.24, 2.45) is 11.0 Å². The van der Waals surface area contributed by atoms with E-state index in [9.17, 15) is 14.4 Å². The maximum atomic E-state index is 14.5. The molecule has 0 N–H and O–H groups in total. The molecule has 0 spiro atoms. The van der Waals surface area contributed by atoms with E-state index in [1.165, 1.54) is 11.1 Å². The molecule has 4 aliphatic heterocycles. The van der Waals surface area contributed by atoms with Crippen LogP contribution < -0.4 is 5.01 Å². The molecule has 0 saturated carbocycles. The van der Waals surface area contributed by atoms with Crippen molar-refractivity contribution >= 4 is 17.4 Å². The zero-order chi connectivity index (χ0) is 25.6. The van der Waals surface area contributed by atoms with Crippen LogP contribution in [0.25, 0.3) is 0 Å². The van der Waals surface area contributed by atoms with Gasteiger partial charge >= 0.3 is 0 Å². The summed E-state index contributed by atoms with van der Waals surface area (Å²) in [5.41, 5.74) is 3.71. The summed E-state index contributed by atoms with van der Waals surface area (Å²) in [5.74, 6) is -0.528. The molecule has 1 amide bonds. The summed E-state index contributed by atoms with van der Waals surface area (Å²) in [7, 11) is 0. The molecular formula is C29H27FN6O. The number of amides is 1. The summed E-state index contributed by atoms with van der Waals surface area (Å²) in [6.45, 7) is 4.25. The number of pyridine rings is 1. The van der Waals surface area contributed by atoms with Gasteiger partial charge in [0.1, 0.15) is 28.7 Å². The van der Waals surface area contributed by atoms with Crippen molar-refractivity contribution in [3.8, 4) is 6.07 Å². The minimum atomic E-state index is -0.575. The summed E-state index contributed by atoms with van der Waals surface area (Å²) in [5, 5.41) is 15.9. The molecule has 1 aromatic heterocycles. The van der Waals surface area contributed by atoms with E-state index in [-0.39, 0.29) is 11.6 Å². The normalized spacial score (nSPS) is 22.6. The molecule has 7 nitrogen and oxygen atoms in total. The van der Waals surface area contributed by atoms with Crippen LogP contribution in [-0.2, 0) is 10.2 Å². The number of likely N-dealkylation sites (tertiary alicyclic amines) is 1. The number of halogens is 1. The summed E-state index contributed by atoms with van der Waals surface area (Å²) in [6.07, 6.45) is 11.6. The fourth-order valence-corrected chi connectivity index (χ4v) is 5.68. The first-order chi connectivity index (χ1) is 18.0. The smallest absolute Gasteiger partial charge is 0.258 e. The molecule has 1 aromatic carbocycles. The van der Waals surface area contributed by atoms with Gasteiger partial charge in [0.05, 0.1) is 11.8 Å². The number of nitrogens with zero attached hydrogens (tertiary/aromatic N) is 6. The van der Waals surface area contributed by atoms with Crippen molar-refractivity contribution in [3.63, 3.8) is 0 Å². The van der Waals surface area contributed by atoms with E-state index >= 15 is 0 Å². The molecule has 0 aliphatic carbocycles. The first-order valence-corrected chi connectivity index (χ1v) is 12.6. The van der Waals surface area contributed by atoms with Gasteiger partial charge in [0.15, 0.2) is 0 Å². The van der Waals surface area contributed by atoms with Gasteiger partial charge in [-0.25, -0.2) is 4.39 Å². The number of para-hydroxylation sites is 1. The third-order valence-electron chi connectivity index (χ3n) is 7.76. The summed E-state index contributed by atoms with van der Waals surface area (Å²) >= 11 is 0. The van der Waals surface area contributed by atoms with Gasteiger partial charge in [0.2, 0.25) is 0 Å². The Balaban J connectivity index is 1.23. The quantitative estimate of drug-likeness (QED) is 0.630. The molecule has 2 aromatic rings. The Morgan fingerprint density at radius 2 is 2.00 bits per heavy atom. The highest BCUT2D eigenvalue weighted by Gasteiger charge is 2.45. The van der Waals surface area contributed by atoms with Gasteiger partial charge in [-0.3, -0.25) is 14.7 Å². The fraction of sp³-hybridized carbons (Fsp3) is 0.310. The number of amidine groups is 1. The van der Waals surface area contributed by atoms with Gasteiger partial charge in [0.25, 0.3) is 5.91 Å². The lowest BCUT2D eigenvalue weighted by Gasteiger charge is -2.39. The van der Waals surface area contributed by atoms with E-state index in [0.717, 1.165) is 35.6 Å². The molecule has 1 atom stereocenters. The highest BCUT2D eigenvalue weighted by atomic mass is 19.1. The Morgan fingerprint density at radius 3 is 2.76 bits per heavy atom. The van der Waals surface area contributed by atoms with Crippen LogP contribution in [0.15, 0.2) is 83.4 Å². The third kappa shape index (κ3) is 3.96. The van der Waals surface area contributed by atoms with E-state index in [0.29, 0.717) is 31.6 Å². The Hall–Kier alpha value is -4.09. The molecule has 1 saturated heterocycles. The number of carbonyl (C=O) groups is 1. The summed E-state index contributed by atoms with van der Waals surface area (Å²) in [4.78, 5) is 22.3. The highest BCUT2D eigenvalue weighted by molar-refractivity contribution is 6.16. The molecule has 4 aliphatic rings. The van der Waals surface area contributed by atoms with E-state index in [4.69, 9.17) is 0 Å². The van der Waals surface area contributed by atoms with Crippen LogP contribution in [0.1, 0.15) is 30.5 Å². The van der Waals surface area contributed by atoms with E-state index in [1.54, 1.807) is 24.4 Å². The predicted molar refractivity (Wildman–Crippen MR) is 139 cm³/mol. The lowest BCUT2D eigenvalue weighted by atomic mass is 9.76. The first kappa shape index (κ1) is 23.3. The molecule has 6 rings (SSSR count). The number of aryl methyl sites for hydroxylation is 1. The van der Waals surface area contributed by atoms with Crippen LogP contribution in [0.5, 0.6) is 0 Å². The lowest BCUT2D eigenvalue weighted by molar-refractivity contribution is -0.119. The number of hydrogen-bond acceptors (Lipinski definition) is 6. The van der Waals surface area contributed by atoms with Gasteiger partial charge in [0, 0.05) is 37.7 Å². The van der Waals surface area contributed by atoms with Crippen LogP contribution in [-0.4, -0.2) is 46.2 Å². The highest BCUT2D eigenvalue weighted by Crippen LogP contribution is 2.39. The Morgan fingerprint density at radius 1 is 1.19 bits per heavy atom. The number of fused-ring (bicyclic) bond motifs is 3. The molecule has 8 heteroatoms. The van der Waals surface area contributed by atoms with E-state index in [2.05, 4.69) is 21.1 Å². The van der Waals surface area contributed by atoms with E-state index in [1.807, 2.05) is 48.4 Å².